The van der Waals surface area contributed by atoms with E-state index in [0.29, 0.717) is 18.2 Å². The number of pyridine rings is 2. The number of carbonyl (C=O) groups excluding carboxylic acids is 1. The van der Waals surface area contributed by atoms with Crippen LogP contribution in [0.15, 0.2) is 61.1 Å². The van der Waals surface area contributed by atoms with Crippen molar-refractivity contribution in [3.8, 4) is 0 Å². The Morgan fingerprint density at radius 3 is 2.59 bits per heavy atom. The molecule has 150 valence electrons. The highest BCUT2D eigenvalue weighted by atomic mass is 16.2. The molecule has 0 spiro atoms. The van der Waals surface area contributed by atoms with E-state index >= 15 is 0 Å². The molecule has 5 heteroatoms. The number of rotatable bonds is 7. The molecule has 1 amide bonds. The summed E-state index contributed by atoms with van der Waals surface area (Å²) in [5.41, 5.74) is 5.98. The van der Waals surface area contributed by atoms with Crippen molar-refractivity contribution in [1.29, 1.82) is 0 Å². The van der Waals surface area contributed by atoms with Gasteiger partial charge in [0, 0.05) is 43.6 Å². The van der Waals surface area contributed by atoms with E-state index in [4.69, 9.17) is 0 Å². The zero-order valence-electron chi connectivity index (χ0n) is 17.5. The van der Waals surface area contributed by atoms with Crippen LogP contribution in [0.5, 0.6) is 0 Å². The van der Waals surface area contributed by atoms with E-state index in [1.165, 1.54) is 11.1 Å². The van der Waals surface area contributed by atoms with Gasteiger partial charge in [0.15, 0.2) is 0 Å². The van der Waals surface area contributed by atoms with Gasteiger partial charge in [-0.2, -0.15) is 0 Å². The van der Waals surface area contributed by atoms with Crippen LogP contribution in [-0.2, 0) is 6.42 Å². The number of benzene rings is 1. The van der Waals surface area contributed by atoms with E-state index < -0.39 is 0 Å². The van der Waals surface area contributed by atoms with Crippen LogP contribution >= 0.6 is 0 Å². The van der Waals surface area contributed by atoms with Crippen LogP contribution in [0.1, 0.15) is 46.9 Å². The van der Waals surface area contributed by atoms with Crippen molar-refractivity contribution in [3.63, 3.8) is 0 Å². The Kier molecular flexibility index (Phi) is 6.60. The molecule has 0 radical (unpaired) electrons. The van der Waals surface area contributed by atoms with E-state index in [1.54, 1.807) is 23.5 Å². The Hall–Kier alpha value is -3.21. The number of nitrogens with zero attached hydrogens (tertiary/aromatic N) is 3. The molecule has 3 rings (SSSR count). The zero-order chi connectivity index (χ0) is 20.8. The number of aromatic nitrogens is 2. The minimum absolute atomic E-state index is 0.0865. The number of aryl methyl sites for hydroxylation is 1. The van der Waals surface area contributed by atoms with Gasteiger partial charge in [0.25, 0.3) is 5.91 Å². The Balaban J connectivity index is 1.73. The molecular formula is C24H28N4O. The lowest BCUT2D eigenvalue weighted by atomic mass is 9.98. The molecular weight excluding hydrogens is 360 g/mol. The lowest BCUT2D eigenvalue weighted by Crippen LogP contribution is -2.29. The highest BCUT2D eigenvalue weighted by molar-refractivity contribution is 5.93. The topological polar surface area (TPSA) is 58.1 Å². The smallest absolute Gasteiger partial charge is 0.272 e. The molecule has 29 heavy (non-hydrogen) atoms. The summed E-state index contributed by atoms with van der Waals surface area (Å²) in [5.74, 6) is 0.316. The van der Waals surface area contributed by atoms with Crippen molar-refractivity contribution in [2.24, 2.45) is 0 Å². The van der Waals surface area contributed by atoms with Crippen LogP contribution in [0.2, 0.25) is 0 Å². The summed E-state index contributed by atoms with van der Waals surface area (Å²) < 4.78 is 0. The first-order chi connectivity index (χ1) is 14.0. The molecule has 0 aliphatic carbocycles. The van der Waals surface area contributed by atoms with Crippen molar-refractivity contribution >= 4 is 17.3 Å². The first kappa shape index (κ1) is 20.5. The van der Waals surface area contributed by atoms with Crippen molar-refractivity contribution in [3.05, 3.63) is 83.4 Å². The van der Waals surface area contributed by atoms with Gasteiger partial charge in [-0.15, -0.1) is 0 Å². The molecule has 1 N–H and O–H groups in total. The lowest BCUT2D eigenvalue weighted by Gasteiger charge is -2.19. The summed E-state index contributed by atoms with van der Waals surface area (Å²) in [4.78, 5) is 22.9. The van der Waals surface area contributed by atoms with Crippen molar-refractivity contribution in [2.75, 3.05) is 18.9 Å². The molecule has 0 fully saturated rings. The third kappa shape index (κ3) is 5.19. The molecule has 0 saturated carbocycles. The second-order valence-corrected chi connectivity index (χ2v) is 7.58. The molecule has 1 aromatic carbocycles. The zero-order valence-corrected chi connectivity index (χ0v) is 17.5. The maximum Gasteiger partial charge on any atom is 0.272 e. The molecule has 0 atom stereocenters. The summed E-state index contributed by atoms with van der Waals surface area (Å²) >= 11 is 0. The molecule has 0 aliphatic rings. The monoisotopic (exact) mass is 388 g/mol. The maximum absolute atomic E-state index is 12.8. The van der Waals surface area contributed by atoms with Gasteiger partial charge in [0.05, 0.1) is 0 Å². The number of nitrogens with one attached hydrogen (secondary N) is 1. The molecule has 2 heterocycles. The SMILES string of the molecule is Cc1cccc(C(C)C)c1Nc1ccnc(C(=O)N(C)CCc2ccncc2)c1. The molecule has 0 aliphatic heterocycles. The quantitative estimate of drug-likeness (QED) is 0.621. The summed E-state index contributed by atoms with van der Waals surface area (Å²) in [5, 5.41) is 3.50. The van der Waals surface area contributed by atoms with Gasteiger partial charge in [0.2, 0.25) is 0 Å². The summed E-state index contributed by atoms with van der Waals surface area (Å²) in [7, 11) is 1.81. The fourth-order valence-corrected chi connectivity index (χ4v) is 3.26. The van der Waals surface area contributed by atoms with E-state index in [1.807, 2.05) is 31.3 Å². The normalized spacial score (nSPS) is 10.8. The number of hydrogen-bond acceptors (Lipinski definition) is 4. The Bertz CT molecular complexity index is 970. The molecule has 5 nitrogen and oxygen atoms in total. The second kappa shape index (κ2) is 9.32. The minimum atomic E-state index is -0.0865. The van der Waals surface area contributed by atoms with Crippen LogP contribution in [-0.4, -0.2) is 34.4 Å². The predicted octanol–water partition coefficient (Wildman–Crippen LogP) is 4.97. The van der Waals surface area contributed by atoms with Gasteiger partial charge in [-0.05, 0) is 60.2 Å². The first-order valence-electron chi connectivity index (χ1n) is 9.92. The van der Waals surface area contributed by atoms with Gasteiger partial charge < -0.3 is 10.2 Å². The van der Waals surface area contributed by atoms with E-state index in [2.05, 4.69) is 54.3 Å². The highest BCUT2D eigenvalue weighted by Gasteiger charge is 2.15. The maximum atomic E-state index is 12.8. The van der Waals surface area contributed by atoms with Crippen LogP contribution in [0.3, 0.4) is 0 Å². The van der Waals surface area contributed by atoms with Gasteiger partial charge >= 0.3 is 0 Å². The highest BCUT2D eigenvalue weighted by Crippen LogP contribution is 2.30. The van der Waals surface area contributed by atoms with E-state index in [9.17, 15) is 4.79 Å². The van der Waals surface area contributed by atoms with Crippen LogP contribution < -0.4 is 5.32 Å². The van der Waals surface area contributed by atoms with Gasteiger partial charge in [-0.1, -0.05) is 32.0 Å². The van der Waals surface area contributed by atoms with Crippen LogP contribution in [0, 0.1) is 6.92 Å². The average molecular weight is 389 g/mol. The lowest BCUT2D eigenvalue weighted by molar-refractivity contribution is 0.0791. The fourth-order valence-electron chi connectivity index (χ4n) is 3.26. The van der Waals surface area contributed by atoms with Crippen molar-refractivity contribution in [2.45, 2.75) is 33.1 Å². The van der Waals surface area contributed by atoms with Crippen molar-refractivity contribution in [1.82, 2.24) is 14.9 Å². The number of carbonyl (C=O) groups is 1. The number of para-hydroxylation sites is 1. The third-order valence-electron chi connectivity index (χ3n) is 5.01. The predicted molar refractivity (Wildman–Crippen MR) is 118 cm³/mol. The molecule has 2 aromatic heterocycles. The van der Waals surface area contributed by atoms with Gasteiger partial charge in [-0.3, -0.25) is 14.8 Å². The average Bonchev–Trinajstić information content (AvgIpc) is 2.73. The van der Waals surface area contributed by atoms with E-state index in [0.717, 1.165) is 23.4 Å². The third-order valence-corrected chi connectivity index (χ3v) is 5.01. The fraction of sp³-hybridized carbons (Fsp3) is 0.292. The van der Waals surface area contributed by atoms with Gasteiger partial charge in [-0.25, -0.2) is 0 Å². The molecule has 0 unspecified atom stereocenters. The second-order valence-electron chi connectivity index (χ2n) is 7.58. The minimum Gasteiger partial charge on any atom is -0.355 e. The first-order valence-corrected chi connectivity index (χ1v) is 9.92. The Morgan fingerprint density at radius 2 is 1.86 bits per heavy atom. The van der Waals surface area contributed by atoms with Crippen molar-refractivity contribution < 1.29 is 4.79 Å². The van der Waals surface area contributed by atoms with Crippen LogP contribution in [0.4, 0.5) is 11.4 Å². The largest absolute Gasteiger partial charge is 0.355 e. The number of anilines is 2. The van der Waals surface area contributed by atoms with E-state index in [-0.39, 0.29) is 5.91 Å². The number of amides is 1. The summed E-state index contributed by atoms with van der Waals surface area (Å²) in [6.45, 7) is 7.07. The molecule has 0 bridgehead atoms. The number of likely N-dealkylation sites (N-methyl/N-ethyl adjacent to an activating group) is 1. The Morgan fingerprint density at radius 1 is 1.10 bits per heavy atom. The van der Waals surface area contributed by atoms with Gasteiger partial charge in [0.1, 0.15) is 5.69 Å². The summed E-state index contributed by atoms with van der Waals surface area (Å²) in [6.07, 6.45) is 6.00. The standard InChI is InChI=1S/C24H28N4O/c1-17(2)21-7-5-6-18(3)23(21)27-20-10-14-26-22(16-20)24(29)28(4)15-11-19-8-12-25-13-9-19/h5-10,12-14,16-17H,11,15H2,1-4H3,(H,26,27). The summed E-state index contributed by atoms with van der Waals surface area (Å²) in [6, 6.07) is 14.0. The molecule has 0 saturated heterocycles. The number of hydrogen-bond donors (Lipinski definition) is 1. The molecule has 3 aromatic rings. The Labute approximate surface area is 172 Å². The van der Waals surface area contributed by atoms with Crippen LogP contribution in [0.25, 0.3) is 0 Å².